The summed E-state index contributed by atoms with van der Waals surface area (Å²) in [5.74, 6) is 0.998. The van der Waals surface area contributed by atoms with Crippen LogP contribution in [0.25, 0.3) is 0 Å². The first kappa shape index (κ1) is 14.3. The third-order valence-corrected chi connectivity index (χ3v) is 4.05. The first-order chi connectivity index (χ1) is 9.24. The van der Waals surface area contributed by atoms with Crippen molar-refractivity contribution < 1.29 is 0 Å². The summed E-state index contributed by atoms with van der Waals surface area (Å²) >= 11 is 0. The summed E-state index contributed by atoms with van der Waals surface area (Å²) in [5.41, 5.74) is 1.38. The Labute approximate surface area is 117 Å². The zero-order valence-electron chi connectivity index (χ0n) is 12.5. The second-order valence-corrected chi connectivity index (χ2v) is 5.62. The number of hydrogen-bond acceptors (Lipinski definition) is 3. The Morgan fingerprint density at radius 2 is 2.26 bits per heavy atom. The first-order valence-electron chi connectivity index (χ1n) is 7.71. The van der Waals surface area contributed by atoms with Gasteiger partial charge in [-0.25, -0.2) is 4.98 Å². The Hall–Kier alpha value is -1.09. The predicted octanol–water partition coefficient (Wildman–Crippen LogP) is 3.84. The topological polar surface area (TPSA) is 28.2 Å². The van der Waals surface area contributed by atoms with Crippen molar-refractivity contribution in [2.24, 2.45) is 0 Å². The van der Waals surface area contributed by atoms with Gasteiger partial charge in [0.05, 0.1) is 0 Å². The van der Waals surface area contributed by atoms with Crippen LogP contribution in [0.3, 0.4) is 0 Å². The van der Waals surface area contributed by atoms with E-state index in [1.165, 1.54) is 37.9 Å². The summed E-state index contributed by atoms with van der Waals surface area (Å²) in [7, 11) is 0. The maximum absolute atomic E-state index is 4.57. The highest BCUT2D eigenvalue weighted by Crippen LogP contribution is 2.31. The fourth-order valence-corrected chi connectivity index (χ4v) is 2.80. The lowest BCUT2D eigenvalue weighted by molar-refractivity contribution is 0.257. The summed E-state index contributed by atoms with van der Waals surface area (Å²) in [4.78, 5) is 7.16. The van der Waals surface area contributed by atoms with Crippen LogP contribution in [0.2, 0.25) is 0 Å². The average Bonchev–Trinajstić information content (AvgIpc) is 2.88. The maximum atomic E-state index is 4.57. The normalized spacial score (nSPS) is 21.5. The van der Waals surface area contributed by atoms with E-state index in [1.807, 2.05) is 0 Å². The highest BCUT2D eigenvalue weighted by Gasteiger charge is 2.25. The molecule has 0 aliphatic carbocycles. The fourth-order valence-electron chi connectivity index (χ4n) is 2.80. The van der Waals surface area contributed by atoms with Gasteiger partial charge in [-0.3, -0.25) is 4.90 Å². The van der Waals surface area contributed by atoms with Crippen LogP contribution in [0.1, 0.15) is 58.1 Å². The Morgan fingerprint density at radius 3 is 2.89 bits per heavy atom. The fraction of sp³-hybridized carbons (Fsp3) is 0.688. The zero-order valence-corrected chi connectivity index (χ0v) is 12.5. The Kier molecular flexibility index (Phi) is 5.20. The van der Waals surface area contributed by atoms with E-state index in [1.54, 1.807) is 0 Å². The van der Waals surface area contributed by atoms with Gasteiger partial charge in [-0.15, -0.1) is 0 Å². The number of pyridine rings is 1. The molecule has 1 N–H and O–H groups in total. The number of anilines is 1. The number of nitrogens with zero attached hydrogens (tertiary/aromatic N) is 2. The van der Waals surface area contributed by atoms with Crippen molar-refractivity contribution >= 4 is 5.82 Å². The minimum absolute atomic E-state index is 0.487. The Bertz CT molecular complexity index is 374. The Morgan fingerprint density at radius 1 is 1.42 bits per heavy atom. The molecule has 0 aromatic carbocycles. The number of likely N-dealkylation sites (tertiary alicyclic amines) is 1. The SMILES string of the molecule is CCCN1CCCC1c1ccc(NC(C)CC)nc1. The average molecular weight is 261 g/mol. The second-order valence-electron chi connectivity index (χ2n) is 5.62. The summed E-state index contributed by atoms with van der Waals surface area (Å²) in [6.07, 6.45) is 7.01. The standard InChI is InChI=1S/C16H27N3/c1-4-10-19-11-6-7-15(19)14-8-9-16(17-12-14)18-13(3)5-2/h8-9,12-13,15H,4-7,10-11H2,1-3H3,(H,17,18). The molecule has 3 heteroatoms. The van der Waals surface area contributed by atoms with E-state index in [-0.39, 0.29) is 0 Å². The van der Waals surface area contributed by atoms with Gasteiger partial charge in [0.2, 0.25) is 0 Å². The molecule has 1 aliphatic rings. The lowest BCUT2D eigenvalue weighted by atomic mass is 10.1. The van der Waals surface area contributed by atoms with E-state index in [2.05, 4.69) is 54.3 Å². The molecule has 1 aromatic rings. The molecule has 2 heterocycles. The molecule has 19 heavy (non-hydrogen) atoms. The van der Waals surface area contributed by atoms with Crippen molar-refractivity contribution in [1.82, 2.24) is 9.88 Å². The van der Waals surface area contributed by atoms with E-state index in [9.17, 15) is 0 Å². The molecule has 0 radical (unpaired) electrons. The predicted molar refractivity (Wildman–Crippen MR) is 81.5 cm³/mol. The molecule has 0 spiro atoms. The van der Waals surface area contributed by atoms with Crippen LogP contribution in [0.4, 0.5) is 5.82 Å². The van der Waals surface area contributed by atoms with E-state index >= 15 is 0 Å². The zero-order chi connectivity index (χ0) is 13.7. The molecule has 2 rings (SSSR count). The van der Waals surface area contributed by atoms with Gasteiger partial charge >= 0.3 is 0 Å². The molecular weight excluding hydrogens is 234 g/mol. The molecule has 2 atom stereocenters. The molecule has 1 aliphatic heterocycles. The number of aromatic nitrogens is 1. The van der Waals surface area contributed by atoms with Crippen molar-refractivity contribution in [2.45, 2.75) is 58.5 Å². The molecule has 0 amide bonds. The monoisotopic (exact) mass is 261 g/mol. The van der Waals surface area contributed by atoms with Crippen molar-refractivity contribution in [3.63, 3.8) is 0 Å². The van der Waals surface area contributed by atoms with Gasteiger partial charge in [0.1, 0.15) is 5.82 Å². The third kappa shape index (κ3) is 3.69. The van der Waals surface area contributed by atoms with Crippen LogP contribution in [0.15, 0.2) is 18.3 Å². The minimum Gasteiger partial charge on any atom is -0.368 e. The van der Waals surface area contributed by atoms with Crippen LogP contribution in [0, 0.1) is 0 Å². The van der Waals surface area contributed by atoms with Crippen LogP contribution in [-0.2, 0) is 0 Å². The lowest BCUT2D eigenvalue weighted by Gasteiger charge is -2.24. The van der Waals surface area contributed by atoms with Gasteiger partial charge in [-0.2, -0.15) is 0 Å². The maximum Gasteiger partial charge on any atom is 0.126 e. The summed E-state index contributed by atoms with van der Waals surface area (Å²) in [6.45, 7) is 9.08. The highest BCUT2D eigenvalue weighted by atomic mass is 15.2. The summed E-state index contributed by atoms with van der Waals surface area (Å²) in [5, 5.41) is 3.42. The lowest BCUT2D eigenvalue weighted by Crippen LogP contribution is -2.24. The second kappa shape index (κ2) is 6.90. The van der Waals surface area contributed by atoms with E-state index in [0.29, 0.717) is 12.1 Å². The van der Waals surface area contributed by atoms with Gasteiger partial charge in [-0.05, 0) is 57.3 Å². The van der Waals surface area contributed by atoms with E-state index in [4.69, 9.17) is 0 Å². The minimum atomic E-state index is 0.487. The van der Waals surface area contributed by atoms with Crippen molar-refractivity contribution in [3.8, 4) is 0 Å². The van der Waals surface area contributed by atoms with Gasteiger partial charge in [0.15, 0.2) is 0 Å². The van der Waals surface area contributed by atoms with Crippen molar-refractivity contribution in [1.29, 1.82) is 0 Å². The molecule has 1 aromatic heterocycles. The van der Waals surface area contributed by atoms with Crippen LogP contribution < -0.4 is 5.32 Å². The summed E-state index contributed by atoms with van der Waals surface area (Å²) in [6, 6.07) is 5.45. The molecule has 1 saturated heterocycles. The number of hydrogen-bond donors (Lipinski definition) is 1. The van der Waals surface area contributed by atoms with Gasteiger partial charge in [0, 0.05) is 18.3 Å². The van der Waals surface area contributed by atoms with Crippen LogP contribution in [0.5, 0.6) is 0 Å². The molecule has 2 unspecified atom stereocenters. The molecule has 3 nitrogen and oxygen atoms in total. The van der Waals surface area contributed by atoms with Crippen molar-refractivity contribution in [2.75, 3.05) is 18.4 Å². The van der Waals surface area contributed by atoms with Gasteiger partial charge < -0.3 is 5.32 Å². The molecular formula is C16H27N3. The van der Waals surface area contributed by atoms with Gasteiger partial charge in [-0.1, -0.05) is 19.9 Å². The molecule has 1 fully saturated rings. The van der Waals surface area contributed by atoms with E-state index in [0.717, 1.165) is 12.2 Å². The van der Waals surface area contributed by atoms with Crippen LogP contribution in [-0.4, -0.2) is 29.0 Å². The highest BCUT2D eigenvalue weighted by molar-refractivity contribution is 5.37. The summed E-state index contributed by atoms with van der Waals surface area (Å²) < 4.78 is 0. The third-order valence-electron chi connectivity index (χ3n) is 4.05. The number of nitrogens with one attached hydrogen (secondary N) is 1. The largest absolute Gasteiger partial charge is 0.368 e. The first-order valence-corrected chi connectivity index (χ1v) is 7.71. The van der Waals surface area contributed by atoms with Crippen LogP contribution >= 0.6 is 0 Å². The van der Waals surface area contributed by atoms with E-state index < -0.39 is 0 Å². The quantitative estimate of drug-likeness (QED) is 0.843. The van der Waals surface area contributed by atoms with Gasteiger partial charge in [0.25, 0.3) is 0 Å². The molecule has 0 bridgehead atoms. The van der Waals surface area contributed by atoms with Crippen molar-refractivity contribution in [3.05, 3.63) is 23.9 Å². The number of rotatable bonds is 6. The molecule has 106 valence electrons. The smallest absolute Gasteiger partial charge is 0.126 e. The molecule has 0 saturated carbocycles. The Balaban J connectivity index is 2.01.